The summed E-state index contributed by atoms with van der Waals surface area (Å²) in [5.41, 5.74) is 2.45. The molecule has 3 rings (SSSR count). The Hall–Kier alpha value is -1.88. The summed E-state index contributed by atoms with van der Waals surface area (Å²) < 4.78 is 5.95. The predicted molar refractivity (Wildman–Crippen MR) is 76.5 cm³/mol. The highest BCUT2D eigenvalue weighted by atomic mass is 16.5. The molecule has 2 aromatic rings. The van der Waals surface area contributed by atoms with E-state index in [0.29, 0.717) is 6.10 Å². The van der Waals surface area contributed by atoms with Crippen LogP contribution in [0.15, 0.2) is 30.7 Å². The van der Waals surface area contributed by atoms with Gasteiger partial charge in [-0.2, -0.15) is 5.10 Å². The lowest BCUT2D eigenvalue weighted by atomic mass is 10.1. The molecule has 0 atom stereocenters. The number of aromatic amines is 1. The van der Waals surface area contributed by atoms with Gasteiger partial charge in [-0.1, -0.05) is 0 Å². The Morgan fingerprint density at radius 1 is 1.35 bits per heavy atom. The molecule has 106 valence electrons. The van der Waals surface area contributed by atoms with Crippen molar-refractivity contribution >= 4 is 0 Å². The van der Waals surface area contributed by atoms with Crippen LogP contribution < -0.4 is 4.74 Å². The minimum absolute atomic E-state index is 0.306. The van der Waals surface area contributed by atoms with Crippen LogP contribution >= 0.6 is 0 Å². The van der Waals surface area contributed by atoms with E-state index in [2.05, 4.69) is 27.0 Å². The molecule has 1 N–H and O–H groups in total. The zero-order chi connectivity index (χ0) is 13.8. The van der Waals surface area contributed by atoms with E-state index in [-0.39, 0.29) is 0 Å². The SMILES string of the molecule is Cc1[nH]ncc1CN1CCC(Oc2cccnc2)CC1. The number of aromatic nitrogens is 3. The first-order valence-electron chi connectivity index (χ1n) is 7.09. The maximum Gasteiger partial charge on any atom is 0.137 e. The second-order valence-corrected chi connectivity index (χ2v) is 5.30. The van der Waals surface area contributed by atoms with Gasteiger partial charge in [-0.25, -0.2) is 0 Å². The fourth-order valence-corrected chi connectivity index (χ4v) is 2.57. The highest BCUT2D eigenvalue weighted by Crippen LogP contribution is 2.19. The number of ether oxygens (including phenoxy) is 1. The van der Waals surface area contributed by atoms with E-state index >= 15 is 0 Å². The van der Waals surface area contributed by atoms with Crippen LogP contribution in [0.5, 0.6) is 5.75 Å². The average molecular weight is 272 g/mol. The van der Waals surface area contributed by atoms with Crippen molar-refractivity contribution in [1.82, 2.24) is 20.1 Å². The molecular formula is C15H20N4O. The number of pyridine rings is 1. The standard InChI is InChI=1S/C15H20N4O/c1-12-13(9-17-18-12)11-19-7-4-14(5-8-19)20-15-3-2-6-16-10-15/h2-3,6,9-10,14H,4-5,7-8,11H2,1H3,(H,17,18). The third-order valence-electron chi connectivity index (χ3n) is 3.80. The number of H-pyrrole nitrogens is 1. The number of hydrogen-bond acceptors (Lipinski definition) is 4. The Bertz CT molecular complexity index is 532. The lowest BCUT2D eigenvalue weighted by Gasteiger charge is -2.31. The molecule has 0 saturated carbocycles. The number of nitrogens with one attached hydrogen (secondary N) is 1. The second-order valence-electron chi connectivity index (χ2n) is 5.30. The number of rotatable bonds is 4. The second kappa shape index (κ2) is 6.05. The van der Waals surface area contributed by atoms with Crippen LogP contribution in [0, 0.1) is 6.92 Å². The van der Waals surface area contributed by atoms with E-state index in [1.165, 1.54) is 11.3 Å². The number of hydrogen-bond donors (Lipinski definition) is 1. The van der Waals surface area contributed by atoms with Crippen LogP contribution in [-0.4, -0.2) is 39.3 Å². The van der Waals surface area contributed by atoms with Gasteiger partial charge in [-0.05, 0) is 31.9 Å². The Morgan fingerprint density at radius 3 is 2.85 bits per heavy atom. The van der Waals surface area contributed by atoms with Crippen LogP contribution in [0.25, 0.3) is 0 Å². The van der Waals surface area contributed by atoms with E-state index in [4.69, 9.17) is 4.74 Å². The topological polar surface area (TPSA) is 54.0 Å². The van der Waals surface area contributed by atoms with Crippen molar-refractivity contribution in [3.8, 4) is 5.75 Å². The summed E-state index contributed by atoms with van der Waals surface area (Å²) in [6.45, 7) is 5.17. The molecule has 0 radical (unpaired) electrons. The number of aryl methyl sites for hydroxylation is 1. The van der Waals surface area contributed by atoms with E-state index in [0.717, 1.165) is 38.2 Å². The van der Waals surface area contributed by atoms with Gasteiger partial charge in [0.25, 0.3) is 0 Å². The fraction of sp³-hybridized carbons (Fsp3) is 0.467. The molecule has 3 heterocycles. The Morgan fingerprint density at radius 2 is 2.20 bits per heavy atom. The smallest absolute Gasteiger partial charge is 0.137 e. The van der Waals surface area contributed by atoms with Gasteiger partial charge in [-0.15, -0.1) is 0 Å². The first-order valence-corrected chi connectivity index (χ1v) is 7.09. The van der Waals surface area contributed by atoms with Crippen molar-refractivity contribution in [3.63, 3.8) is 0 Å². The summed E-state index contributed by atoms with van der Waals surface area (Å²) in [7, 11) is 0. The maximum atomic E-state index is 5.95. The molecule has 1 aliphatic rings. The van der Waals surface area contributed by atoms with Crippen molar-refractivity contribution in [2.75, 3.05) is 13.1 Å². The third kappa shape index (κ3) is 3.17. The quantitative estimate of drug-likeness (QED) is 0.926. The van der Waals surface area contributed by atoms with Gasteiger partial charge < -0.3 is 4.74 Å². The highest BCUT2D eigenvalue weighted by molar-refractivity contribution is 5.16. The maximum absolute atomic E-state index is 5.95. The van der Waals surface area contributed by atoms with E-state index < -0.39 is 0 Å². The van der Waals surface area contributed by atoms with Gasteiger partial charge in [0.1, 0.15) is 11.9 Å². The molecule has 1 fully saturated rings. The molecule has 0 aromatic carbocycles. The summed E-state index contributed by atoms with van der Waals surface area (Å²) in [5.74, 6) is 0.872. The van der Waals surface area contributed by atoms with Crippen molar-refractivity contribution in [2.45, 2.75) is 32.4 Å². The van der Waals surface area contributed by atoms with Gasteiger partial charge in [0, 0.05) is 37.1 Å². The minimum atomic E-state index is 0.306. The molecule has 0 amide bonds. The summed E-state index contributed by atoms with van der Waals surface area (Å²) in [6.07, 6.45) is 7.90. The molecule has 1 saturated heterocycles. The first-order chi connectivity index (χ1) is 9.81. The first kappa shape index (κ1) is 13.1. The number of likely N-dealkylation sites (tertiary alicyclic amines) is 1. The highest BCUT2D eigenvalue weighted by Gasteiger charge is 2.21. The molecule has 1 aliphatic heterocycles. The molecule has 20 heavy (non-hydrogen) atoms. The molecule has 5 heteroatoms. The normalized spacial score (nSPS) is 17.2. The number of nitrogens with zero attached hydrogens (tertiary/aromatic N) is 3. The van der Waals surface area contributed by atoms with Gasteiger partial charge >= 0.3 is 0 Å². The van der Waals surface area contributed by atoms with Crippen molar-refractivity contribution in [2.24, 2.45) is 0 Å². The fourth-order valence-electron chi connectivity index (χ4n) is 2.57. The number of piperidine rings is 1. The van der Waals surface area contributed by atoms with E-state index in [1.807, 2.05) is 18.3 Å². The molecule has 0 spiro atoms. The van der Waals surface area contributed by atoms with E-state index in [9.17, 15) is 0 Å². The molecular weight excluding hydrogens is 252 g/mol. The van der Waals surface area contributed by atoms with Crippen molar-refractivity contribution in [1.29, 1.82) is 0 Å². The summed E-state index contributed by atoms with van der Waals surface area (Å²) in [5, 5.41) is 7.07. The summed E-state index contributed by atoms with van der Waals surface area (Å²) in [6, 6.07) is 3.88. The molecule has 0 bridgehead atoms. The van der Waals surface area contributed by atoms with Gasteiger partial charge in [-0.3, -0.25) is 15.0 Å². The monoisotopic (exact) mass is 272 g/mol. The molecule has 0 aliphatic carbocycles. The largest absolute Gasteiger partial charge is 0.489 e. The summed E-state index contributed by atoms with van der Waals surface area (Å²) in [4.78, 5) is 6.54. The third-order valence-corrected chi connectivity index (χ3v) is 3.80. The van der Waals surface area contributed by atoms with E-state index in [1.54, 1.807) is 12.4 Å². The van der Waals surface area contributed by atoms with Crippen LogP contribution in [0.1, 0.15) is 24.1 Å². The molecule has 5 nitrogen and oxygen atoms in total. The lowest BCUT2D eigenvalue weighted by Crippen LogP contribution is -2.37. The zero-order valence-electron chi connectivity index (χ0n) is 11.7. The Labute approximate surface area is 119 Å². The Balaban J connectivity index is 1.49. The van der Waals surface area contributed by atoms with Gasteiger partial charge in [0.15, 0.2) is 0 Å². The van der Waals surface area contributed by atoms with Crippen molar-refractivity contribution < 1.29 is 4.74 Å². The average Bonchev–Trinajstić information content (AvgIpc) is 2.88. The van der Waals surface area contributed by atoms with Gasteiger partial charge in [0.2, 0.25) is 0 Å². The molecule has 0 unspecified atom stereocenters. The van der Waals surface area contributed by atoms with Crippen LogP contribution in [-0.2, 0) is 6.54 Å². The lowest BCUT2D eigenvalue weighted by molar-refractivity contribution is 0.0964. The van der Waals surface area contributed by atoms with Crippen molar-refractivity contribution in [3.05, 3.63) is 42.0 Å². The zero-order valence-corrected chi connectivity index (χ0v) is 11.7. The summed E-state index contributed by atoms with van der Waals surface area (Å²) >= 11 is 0. The Kier molecular flexibility index (Phi) is 3.97. The minimum Gasteiger partial charge on any atom is -0.489 e. The van der Waals surface area contributed by atoms with Crippen LogP contribution in [0.2, 0.25) is 0 Å². The van der Waals surface area contributed by atoms with Crippen LogP contribution in [0.3, 0.4) is 0 Å². The van der Waals surface area contributed by atoms with Gasteiger partial charge in [0.05, 0.1) is 12.4 Å². The van der Waals surface area contributed by atoms with Crippen LogP contribution in [0.4, 0.5) is 0 Å². The molecule has 2 aromatic heterocycles. The predicted octanol–water partition coefficient (Wildman–Crippen LogP) is 2.16.